The monoisotopic (exact) mass is 316 g/mol. The molecule has 0 bridgehead atoms. The number of para-hydroxylation sites is 1. The van der Waals surface area contributed by atoms with Gasteiger partial charge >= 0.3 is 0 Å². The maximum absolute atomic E-state index is 12.8. The third kappa shape index (κ3) is 3.16. The molecule has 0 saturated carbocycles. The number of nitrogens with zero attached hydrogens (tertiary/aromatic N) is 1. The smallest absolute Gasteiger partial charge is 0.258 e. The van der Waals surface area contributed by atoms with E-state index in [1.54, 1.807) is 0 Å². The number of hydrogen-bond acceptors (Lipinski definition) is 2. The van der Waals surface area contributed by atoms with Crippen molar-refractivity contribution < 1.29 is 4.79 Å². The van der Waals surface area contributed by atoms with Crippen LogP contribution < -0.4 is 10.6 Å². The summed E-state index contributed by atoms with van der Waals surface area (Å²) in [4.78, 5) is 14.7. The Balaban J connectivity index is 0.00000176. The highest BCUT2D eigenvalue weighted by Crippen LogP contribution is 2.30. The molecule has 0 radical (unpaired) electrons. The number of anilines is 1. The first-order valence-electron chi connectivity index (χ1n) is 7.38. The highest BCUT2D eigenvalue weighted by atomic mass is 35.5. The summed E-state index contributed by atoms with van der Waals surface area (Å²) in [6, 6.07) is 15.8. The van der Waals surface area contributed by atoms with Crippen LogP contribution >= 0.6 is 12.4 Å². The van der Waals surface area contributed by atoms with Gasteiger partial charge in [-0.25, -0.2) is 0 Å². The lowest BCUT2D eigenvalue weighted by atomic mass is 9.93. The molecule has 2 aromatic carbocycles. The average molecular weight is 317 g/mol. The fourth-order valence-corrected chi connectivity index (χ4v) is 2.93. The molecule has 0 fully saturated rings. The molecule has 1 heterocycles. The fraction of sp³-hybridized carbons (Fsp3) is 0.278. The van der Waals surface area contributed by atoms with E-state index >= 15 is 0 Å². The number of hydrogen-bond donors (Lipinski definition) is 1. The standard InChI is InChI=1S/C18H20N2O.ClH/c1-13-10-16-4-2-3-5-17(16)20(12-13)18(21)15-8-6-14(11-19)7-9-15;/h2-9,13H,10-12,19H2,1H3;1H. The molecule has 2 N–H and O–H groups in total. The van der Waals surface area contributed by atoms with Gasteiger partial charge in [0.05, 0.1) is 0 Å². The molecule has 22 heavy (non-hydrogen) atoms. The molecule has 2 aromatic rings. The molecule has 4 heteroatoms. The van der Waals surface area contributed by atoms with Crippen LogP contribution in [0.3, 0.4) is 0 Å². The Hall–Kier alpha value is -1.84. The zero-order chi connectivity index (χ0) is 14.8. The van der Waals surface area contributed by atoms with Crippen molar-refractivity contribution in [1.82, 2.24) is 0 Å². The van der Waals surface area contributed by atoms with Gasteiger partial charge in [-0.05, 0) is 41.7 Å². The predicted octanol–water partition coefficient (Wildman–Crippen LogP) is 3.41. The number of rotatable bonds is 2. The van der Waals surface area contributed by atoms with Crippen LogP contribution in [0.5, 0.6) is 0 Å². The van der Waals surface area contributed by atoms with E-state index in [2.05, 4.69) is 13.0 Å². The summed E-state index contributed by atoms with van der Waals surface area (Å²) in [7, 11) is 0. The minimum atomic E-state index is 0. The lowest BCUT2D eigenvalue weighted by Gasteiger charge is -2.33. The van der Waals surface area contributed by atoms with E-state index in [4.69, 9.17) is 5.73 Å². The molecule has 0 spiro atoms. The van der Waals surface area contributed by atoms with Crippen LogP contribution in [0.25, 0.3) is 0 Å². The minimum absolute atomic E-state index is 0. The maximum atomic E-state index is 12.8. The predicted molar refractivity (Wildman–Crippen MR) is 92.6 cm³/mol. The van der Waals surface area contributed by atoms with Crippen molar-refractivity contribution in [2.75, 3.05) is 11.4 Å². The number of amides is 1. The van der Waals surface area contributed by atoms with E-state index in [0.717, 1.165) is 29.8 Å². The Morgan fingerprint density at radius 1 is 1.18 bits per heavy atom. The van der Waals surface area contributed by atoms with Crippen LogP contribution in [0.1, 0.15) is 28.4 Å². The van der Waals surface area contributed by atoms with E-state index in [9.17, 15) is 4.79 Å². The Morgan fingerprint density at radius 3 is 2.55 bits per heavy atom. The molecule has 0 aliphatic carbocycles. The normalized spacial score (nSPS) is 16.6. The van der Waals surface area contributed by atoms with Crippen LogP contribution in [0, 0.1) is 5.92 Å². The molecular formula is C18H21ClN2O. The number of carbonyl (C=O) groups excluding carboxylic acids is 1. The summed E-state index contributed by atoms with van der Waals surface area (Å²) in [6.07, 6.45) is 1.03. The first kappa shape index (κ1) is 16.5. The van der Waals surface area contributed by atoms with Gasteiger partial charge in [0.25, 0.3) is 5.91 Å². The van der Waals surface area contributed by atoms with Crippen LogP contribution in [0.2, 0.25) is 0 Å². The number of nitrogens with two attached hydrogens (primary N) is 1. The lowest BCUT2D eigenvalue weighted by Crippen LogP contribution is -2.39. The van der Waals surface area contributed by atoms with E-state index in [-0.39, 0.29) is 18.3 Å². The molecule has 1 atom stereocenters. The first-order chi connectivity index (χ1) is 10.2. The number of halogens is 1. The average Bonchev–Trinajstić information content (AvgIpc) is 2.53. The molecule has 0 saturated heterocycles. The van der Waals surface area contributed by atoms with Crippen molar-refractivity contribution in [2.45, 2.75) is 19.9 Å². The Bertz CT molecular complexity index is 654. The molecule has 1 aliphatic rings. The van der Waals surface area contributed by atoms with Crippen molar-refractivity contribution >= 4 is 24.0 Å². The molecule has 116 valence electrons. The van der Waals surface area contributed by atoms with Crippen LogP contribution in [0.15, 0.2) is 48.5 Å². The van der Waals surface area contributed by atoms with Gasteiger partial charge in [0.2, 0.25) is 0 Å². The number of carbonyl (C=O) groups is 1. The van der Waals surface area contributed by atoms with E-state index in [1.807, 2.05) is 47.4 Å². The minimum Gasteiger partial charge on any atom is -0.326 e. The highest BCUT2D eigenvalue weighted by Gasteiger charge is 2.26. The van der Waals surface area contributed by atoms with Gasteiger partial charge in [-0.1, -0.05) is 37.3 Å². The van der Waals surface area contributed by atoms with Gasteiger partial charge in [0.15, 0.2) is 0 Å². The van der Waals surface area contributed by atoms with E-state index in [1.165, 1.54) is 5.56 Å². The summed E-state index contributed by atoms with van der Waals surface area (Å²) in [6.45, 7) is 3.46. The van der Waals surface area contributed by atoms with Crippen molar-refractivity contribution in [3.05, 3.63) is 65.2 Å². The molecule has 3 nitrogen and oxygen atoms in total. The second kappa shape index (κ2) is 6.95. The molecule has 3 rings (SSSR count). The maximum Gasteiger partial charge on any atom is 0.258 e. The second-order valence-electron chi connectivity index (χ2n) is 5.75. The zero-order valence-corrected chi connectivity index (χ0v) is 13.5. The van der Waals surface area contributed by atoms with Crippen molar-refractivity contribution in [1.29, 1.82) is 0 Å². The lowest BCUT2D eigenvalue weighted by molar-refractivity contribution is 0.0981. The topological polar surface area (TPSA) is 46.3 Å². The Labute approximate surface area is 137 Å². The van der Waals surface area contributed by atoms with Crippen LogP contribution in [-0.4, -0.2) is 12.5 Å². The molecule has 1 amide bonds. The third-order valence-electron chi connectivity index (χ3n) is 4.03. The SMILES string of the molecule is CC1Cc2ccccc2N(C(=O)c2ccc(CN)cc2)C1.Cl. The zero-order valence-electron chi connectivity index (χ0n) is 12.7. The summed E-state index contributed by atoms with van der Waals surface area (Å²) in [5.74, 6) is 0.546. The van der Waals surface area contributed by atoms with Gasteiger partial charge in [-0.2, -0.15) is 0 Å². The van der Waals surface area contributed by atoms with Gasteiger partial charge in [0, 0.05) is 24.3 Å². The van der Waals surface area contributed by atoms with Gasteiger partial charge in [-0.15, -0.1) is 12.4 Å². The van der Waals surface area contributed by atoms with Crippen LogP contribution in [-0.2, 0) is 13.0 Å². The van der Waals surface area contributed by atoms with E-state index in [0.29, 0.717) is 12.5 Å². The van der Waals surface area contributed by atoms with Crippen LogP contribution in [0.4, 0.5) is 5.69 Å². The molecule has 1 unspecified atom stereocenters. The number of fused-ring (bicyclic) bond motifs is 1. The van der Waals surface area contributed by atoms with Gasteiger partial charge < -0.3 is 10.6 Å². The second-order valence-corrected chi connectivity index (χ2v) is 5.75. The Kier molecular flexibility index (Phi) is 5.22. The quantitative estimate of drug-likeness (QED) is 0.923. The van der Waals surface area contributed by atoms with Crippen molar-refractivity contribution in [3.8, 4) is 0 Å². The molecule has 0 aromatic heterocycles. The van der Waals surface area contributed by atoms with Crippen molar-refractivity contribution in [2.24, 2.45) is 11.7 Å². The molecular weight excluding hydrogens is 296 g/mol. The largest absolute Gasteiger partial charge is 0.326 e. The summed E-state index contributed by atoms with van der Waals surface area (Å²) < 4.78 is 0. The van der Waals surface area contributed by atoms with Gasteiger partial charge in [0.1, 0.15) is 0 Å². The fourth-order valence-electron chi connectivity index (χ4n) is 2.93. The summed E-state index contributed by atoms with van der Waals surface area (Å²) in [5, 5.41) is 0. The van der Waals surface area contributed by atoms with Gasteiger partial charge in [-0.3, -0.25) is 4.79 Å². The first-order valence-corrected chi connectivity index (χ1v) is 7.38. The highest BCUT2D eigenvalue weighted by molar-refractivity contribution is 6.06. The summed E-state index contributed by atoms with van der Waals surface area (Å²) >= 11 is 0. The Morgan fingerprint density at radius 2 is 1.86 bits per heavy atom. The summed E-state index contributed by atoms with van der Waals surface area (Å²) in [5.41, 5.74) is 9.66. The molecule has 1 aliphatic heterocycles. The van der Waals surface area contributed by atoms with E-state index < -0.39 is 0 Å². The van der Waals surface area contributed by atoms with Crippen molar-refractivity contribution in [3.63, 3.8) is 0 Å². The third-order valence-corrected chi connectivity index (χ3v) is 4.03. The number of benzene rings is 2.